The fraction of sp³-hybridized carbons (Fsp3) is 0.385. The SMILES string of the molecule is COC(=O)CCCCCCCCC(=O)Oc1cc(OC(=O)C(=O)OC)ccc1N=Nc1ccc([N+](=O)[O-])cc1. The van der Waals surface area contributed by atoms with Gasteiger partial charge in [0.05, 0.1) is 24.8 Å². The van der Waals surface area contributed by atoms with Gasteiger partial charge in [-0.2, -0.15) is 5.11 Å². The Morgan fingerprint density at radius 1 is 0.744 bits per heavy atom. The van der Waals surface area contributed by atoms with Crippen molar-refractivity contribution < 1.29 is 43.0 Å². The van der Waals surface area contributed by atoms with Gasteiger partial charge >= 0.3 is 23.9 Å². The fourth-order valence-corrected chi connectivity index (χ4v) is 3.23. The van der Waals surface area contributed by atoms with Crippen molar-refractivity contribution in [2.45, 2.75) is 51.4 Å². The Kier molecular flexibility index (Phi) is 12.7. The molecule has 13 nitrogen and oxygen atoms in total. The molecule has 2 aromatic rings. The number of hydrogen-bond acceptors (Lipinski definition) is 12. The Labute approximate surface area is 224 Å². The zero-order chi connectivity index (χ0) is 28.6. The number of methoxy groups -OCH3 is 2. The van der Waals surface area contributed by atoms with Crippen molar-refractivity contribution in [2.75, 3.05) is 14.2 Å². The normalized spacial score (nSPS) is 10.6. The Morgan fingerprint density at radius 2 is 1.36 bits per heavy atom. The van der Waals surface area contributed by atoms with Crippen LogP contribution in [0.4, 0.5) is 17.1 Å². The molecule has 0 bridgehead atoms. The molecular formula is C26H29N3O10. The van der Waals surface area contributed by atoms with Crippen molar-refractivity contribution in [2.24, 2.45) is 10.2 Å². The molecule has 0 saturated carbocycles. The van der Waals surface area contributed by atoms with Crippen molar-refractivity contribution in [1.82, 2.24) is 0 Å². The predicted molar refractivity (Wildman–Crippen MR) is 136 cm³/mol. The Hall–Kier alpha value is -4.68. The summed E-state index contributed by atoms with van der Waals surface area (Å²) in [7, 11) is 2.39. The van der Waals surface area contributed by atoms with Gasteiger partial charge in [0.1, 0.15) is 11.4 Å². The number of esters is 4. The number of carbonyl (C=O) groups is 4. The Bertz CT molecular complexity index is 1190. The number of carbonyl (C=O) groups excluding carboxylic acids is 4. The summed E-state index contributed by atoms with van der Waals surface area (Å²) in [5.41, 5.74) is 0.317. The molecule has 0 aliphatic heterocycles. The molecule has 0 heterocycles. The summed E-state index contributed by atoms with van der Waals surface area (Å²) < 4.78 is 19.3. The summed E-state index contributed by atoms with van der Waals surface area (Å²) in [6.45, 7) is 0. The Morgan fingerprint density at radius 3 is 1.95 bits per heavy atom. The molecule has 208 valence electrons. The number of benzene rings is 2. The van der Waals surface area contributed by atoms with Crippen LogP contribution in [0.2, 0.25) is 0 Å². The molecule has 0 radical (unpaired) electrons. The van der Waals surface area contributed by atoms with Crippen LogP contribution in [0.5, 0.6) is 11.5 Å². The van der Waals surface area contributed by atoms with E-state index in [9.17, 15) is 29.3 Å². The zero-order valence-electron chi connectivity index (χ0n) is 21.6. The summed E-state index contributed by atoms with van der Waals surface area (Å²) in [4.78, 5) is 57.0. The van der Waals surface area contributed by atoms with E-state index in [1.807, 2.05) is 0 Å². The van der Waals surface area contributed by atoms with Gasteiger partial charge in [-0.1, -0.05) is 25.7 Å². The van der Waals surface area contributed by atoms with E-state index in [4.69, 9.17) is 9.47 Å². The summed E-state index contributed by atoms with van der Waals surface area (Å²) in [6.07, 6.45) is 5.33. The lowest BCUT2D eigenvalue weighted by molar-refractivity contribution is -0.384. The summed E-state index contributed by atoms with van der Waals surface area (Å²) in [5, 5.41) is 18.9. The van der Waals surface area contributed by atoms with Crippen molar-refractivity contribution in [3.8, 4) is 11.5 Å². The monoisotopic (exact) mass is 543 g/mol. The average Bonchev–Trinajstić information content (AvgIpc) is 2.93. The number of ether oxygens (including phenoxy) is 4. The topological polar surface area (TPSA) is 173 Å². The van der Waals surface area contributed by atoms with Crippen LogP contribution in [0, 0.1) is 10.1 Å². The predicted octanol–water partition coefficient (Wildman–Crippen LogP) is 5.29. The third kappa shape index (κ3) is 11.1. The molecule has 0 aliphatic carbocycles. The average molecular weight is 544 g/mol. The zero-order valence-corrected chi connectivity index (χ0v) is 21.6. The summed E-state index contributed by atoms with van der Waals surface area (Å²) >= 11 is 0. The maximum absolute atomic E-state index is 12.5. The molecule has 0 fully saturated rings. The Balaban J connectivity index is 2.02. The summed E-state index contributed by atoms with van der Waals surface area (Å²) in [6, 6.07) is 9.23. The number of nitro groups is 1. The van der Waals surface area contributed by atoms with E-state index in [2.05, 4.69) is 19.7 Å². The van der Waals surface area contributed by atoms with Crippen LogP contribution in [0.15, 0.2) is 52.7 Å². The van der Waals surface area contributed by atoms with Crippen molar-refractivity contribution in [3.05, 3.63) is 52.6 Å². The van der Waals surface area contributed by atoms with E-state index in [0.717, 1.165) is 39.2 Å². The number of unbranched alkanes of at least 4 members (excludes halogenated alkanes) is 5. The van der Waals surface area contributed by atoms with Crippen LogP contribution in [0.1, 0.15) is 51.4 Å². The standard InChI is InChI=1S/C26H29N3O10/c1-36-23(30)9-7-5-3-4-6-8-10-24(31)39-22-17-20(38-26(33)25(32)37-2)15-16-21(22)28-27-18-11-13-19(14-12-18)29(34)35/h11-17H,3-10H2,1-2H3. The molecule has 0 aliphatic rings. The van der Waals surface area contributed by atoms with E-state index in [0.29, 0.717) is 18.5 Å². The minimum absolute atomic E-state index is 0.0661. The lowest BCUT2D eigenvalue weighted by atomic mass is 10.1. The van der Waals surface area contributed by atoms with Crippen LogP contribution < -0.4 is 9.47 Å². The number of nitro benzene ring substituents is 1. The smallest absolute Gasteiger partial charge is 0.422 e. The quantitative estimate of drug-likeness (QED) is 0.0579. The van der Waals surface area contributed by atoms with Crippen molar-refractivity contribution in [3.63, 3.8) is 0 Å². The molecule has 0 amide bonds. The van der Waals surface area contributed by atoms with E-state index in [-0.39, 0.29) is 35.3 Å². The number of nitrogens with zero attached hydrogens (tertiary/aromatic N) is 3. The first kappa shape index (κ1) is 30.5. The largest absolute Gasteiger partial charge is 0.469 e. The number of rotatable bonds is 14. The van der Waals surface area contributed by atoms with Gasteiger partial charge in [0.2, 0.25) is 0 Å². The molecular weight excluding hydrogens is 514 g/mol. The highest BCUT2D eigenvalue weighted by Crippen LogP contribution is 2.34. The molecule has 0 spiro atoms. The van der Waals surface area contributed by atoms with E-state index >= 15 is 0 Å². The third-order valence-electron chi connectivity index (χ3n) is 5.29. The number of non-ortho nitro benzene ring substituents is 1. The highest BCUT2D eigenvalue weighted by atomic mass is 16.6. The maximum Gasteiger partial charge on any atom is 0.422 e. The maximum atomic E-state index is 12.5. The molecule has 0 atom stereocenters. The minimum Gasteiger partial charge on any atom is -0.469 e. The first-order chi connectivity index (χ1) is 18.7. The van der Waals surface area contributed by atoms with Crippen molar-refractivity contribution in [1.29, 1.82) is 0 Å². The lowest BCUT2D eigenvalue weighted by Gasteiger charge is -2.09. The van der Waals surface area contributed by atoms with Crippen LogP contribution in [0.25, 0.3) is 0 Å². The second-order valence-electron chi connectivity index (χ2n) is 8.16. The van der Waals surface area contributed by atoms with E-state index in [1.165, 1.54) is 49.6 Å². The van der Waals surface area contributed by atoms with Gasteiger partial charge in [-0.05, 0) is 37.1 Å². The lowest BCUT2D eigenvalue weighted by Crippen LogP contribution is -2.21. The third-order valence-corrected chi connectivity index (χ3v) is 5.29. The van der Waals surface area contributed by atoms with Gasteiger partial charge in [-0.15, -0.1) is 5.11 Å². The molecule has 39 heavy (non-hydrogen) atoms. The van der Waals surface area contributed by atoms with Gasteiger partial charge in [0.15, 0.2) is 5.75 Å². The van der Waals surface area contributed by atoms with Gasteiger partial charge in [0, 0.05) is 31.0 Å². The second-order valence-corrected chi connectivity index (χ2v) is 8.16. The van der Waals surface area contributed by atoms with E-state index < -0.39 is 22.8 Å². The first-order valence-electron chi connectivity index (χ1n) is 12.1. The molecule has 2 aromatic carbocycles. The number of hydrogen-bond donors (Lipinski definition) is 0. The fourth-order valence-electron chi connectivity index (χ4n) is 3.23. The molecule has 0 aromatic heterocycles. The molecule has 0 N–H and O–H groups in total. The van der Waals surface area contributed by atoms with Crippen LogP contribution in [-0.4, -0.2) is 43.0 Å². The second kappa shape index (κ2) is 16.2. The van der Waals surface area contributed by atoms with Crippen LogP contribution in [0.3, 0.4) is 0 Å². The van der Waals surface area contributed by atoms with Crippen molar-refractivity contribution >= 4 is 40.9 Å². The number of azo groups is 1. The van der Waals surface area contributed by atoms with Gasteiger partial charge < -0.3 is 18.9 Å². The van der Waals surface area contributed by atoms with Crippen LogP contribution >= 0.6 is 0 Å². The van der Waals surface area contributed by atoms with Crippen LogP contribution in [-0.2, 0) is 28.7 Å². The molecule has 0 unspecified atom stereocenters. The highest BCUT2D eigenvalue weighted by Gasteiger charge is 2.19. The highest BCUT2D eigenvalue weighted by molar-refractivity contribution is 6.30. The molecule has 2 rings (SSSR count). The minimum atomic E-state index is -1.26. The van der Waals surface area contributed by atoms with Gasteiger partial charge in [-0.3, -0.25) is 19.7 Å². The molecule has 13 heteroatoms. The van der Waals surface area contributed by atoms with E-state index in [1.54, 1.807) is 0 Å². The molecule has 0 saturated heterocycles. The summed E-state index contributed by atoms with van der Waals surface area (Å²) in [5.74, 6) is -3.40. The van der Waals surface area contributed by atoms with Gasteiger partial charge in [0.25, 0.3) is 5.69 Å². The van der Waals surface area contributed by atoms with Gasteiger partial charge in [-0.25, -0.2) is 9.59 Å². The first-order valence-corrected chi connectivity index (χ1v) is 12.1.